The van der Waals surface area contributed by atoms with E-state index in [1.807, 2.05) is 60.8 Å². The van der Waals surface area contributed by atoms with Crippen LogP contribution in [0.5, 0.6) is 11.6 Å². The SMILES string of the molecule is CC(C)(C)c1ccccc1Oc1ncccc1NC(=O)Nc1ccc(-n2cccn2)cc1. The Morgan fingerprint density at radius 2 is 1.69 bits per heavy atom. The quantitative estimate of drug-likeness (QED) is 0.409. The molecule has 2 aromatic heterocycles. The van der Waals surface area contributed by atoms with Crippen molar-refractivity contribution in [3.8, 4) is 17.3 Å². The first-order valence-corrected chi connectivity index (χ1v) is 10.3. The summed E-state index contributed by atoms with van der Waals surface area (Å²) in [6, 6.07) is 20.2. The Morgan fingerprint density at radius 3 is 2.41 bits per heavy atom. The monoisotopic (exact) mass is 427 g/mol. The minimum absolute atomic E-state index is 0.0985. The van der Waals surface area contributed by atoms with Gasteiger partial charge in [0.05, 0.1) is 5.69 Å². The van der Waals surface area contributed by atoms with Gasteiger partial charge in [-0.15, -0.1) is 0 Å². The number of nitrogens with zero attached hydrogens (tertiary/aromatic N) is 3. The van der Waals surface area contributed by atoms with Gasteiger partial charge in [0, 0.05) is 29.8 Å². The Bertz CT molecular complexity index is 1200. The van der Waals surface area contributed by atoms with E-state index in [2.05, 4.69) is 41.5 Å². The van der Waals surface area contributed by atoms with Crippen molar-refractivity contribution in [1.82, 2.24) is 14.8 Å². The van der Waals surface area contributed by atoms with Crippen LogP contribution in [0, 0.1) is 0 Å². The van der Waals surface area contributed by atoms with E-state index in [-0.39, 0.29) is 5.41 Å². The molecular formula is C25H25N5O2. The summed E-state index contributed by atoms with van der Waals surface area (Å²) in [5.41, 5.74) is 2.99. The highest BCUT2D eigenvalue weighted by Gasteiger charge is 2.20. The maximum Gasteiger partial charge on any atom is 0.323 e. The van der Waals surface area contributed by atoms with Crippen LogP contribution in [0.15, 0.2) is 85.3 Å². The van der Waals surface area contributed by atoms with Gasteiger partial charge in [-0.05, 0) is 53.9 Å². The van der Waals surface area contributed by atoms with Crippen LogP contribution in [-0.4, -0.2) is 20.8 Å². The topological polar surface area (TPSA) is 81.1 Å². The number of carbonyl (C=O) groups is 1. The van der Waals surface area contributed by atoms with Crippen molar-refractivity contribution in [2.45, 2.75) is 26.2 Å². The van der Waals surface area contributed by atoms with E-state index in [1.165, 1.54) is 0 Å². The average Bonchev–Trinajstić information content (AvgIpc) is 3.30. The minimum Gasteiger partial charge on any atom is -0.437 e. The summed E-state index contributed by atoms with van der Waals surface area (Å²) >= 11 is 0. The van der Waals surface area contributed by atoms with Crippen molar-refractivity contribution in [2.24, 2.45) is 0 Å². The number of amides is 2. The van der Waals surface area contributed by atoms with E-state index >= 15 is 0 Å². The Balaban J connectivity index is 1.47. The fraction of sp³-hybridized carbons (Fsp3) is 0.160. The van der Waals surface area contributed by atoms with Gasteiger partial charge < -0.3 is 15.4 Å². The Kier molecular flexibility index (Phi) is 5.89. The molecule has 0 atom stereocenters. The van der Waals surface area contributed by atoms with E-state index < -0.39 is 6.03 Å². The zero-order valence-corrected chi connectivity index (χ0v) is 18.2. The third kappa shape index (κ3) is 4.95. The molecule has 0 aliphatic carbocycles. The Labute approximate surface area is 187 Å². The number of aromatic nitrogens is 3. The summed E-state index contributed by atoms with van der Waals surface area (Å²) < 4.78 is 7.86. The Hall–Kier alpha value is -4.13. The number of hydrogen-bond donors (Lipinski definition) is 2. The third-order valence-electron chi connectivity index (χ3n) is 4.82. The standard InChI is InChI=1S/C25H25N5O2/c1-25(2,3)20-8-4-5-10-22(20)32-23-21(9-6-15-26-23)29-24(31)28-18-11-13-19(14-12-18)30-17-7-16-27-30/h4-17H,1-3H3,(H2,28,29,31). The minimum atomic E-state index is -0.390. The third-order valence-corrected chi connectivity index (χ3v) is 4.82. The van der Waals surface area contributed by atoms with Gasteiger partial charge in [-0.25, -0.2) is 14.5 Å². The number of carbonyl (C=O) groups excluding carboxylic acids is 1. The van der Waals surface area contributed by atoms with E-state index in [0.29, 0.717) is 23.0 Å². The molecule has 162 valence electrons. The molecule has 4 aromatic rings. The molecule has 4 rings (SSSR count). The fourth-order valence-electron chi connectivity index (χ4n) is 3.25. The molecule has 0 aliphatic heterocycles. The molecule has 2 aromatic carbocycles. The first kappa shape index (κ1) is 21.1. The number of pyridine rings is 1. The van der Waals surface area contributed by atoms with Crippen molar-refractivity contribution in [1.29, 1.82) is 0 Å². The molecule has 0 fully saturated rings. The van der Waals surface area contributed by atoms with Crippen LogP contribution < -0.4 is 15.4 Å². The molecule has 0 saturated carbocycles. The highest BCUT2D eigenvalue weighted by molar-refractivity contribution is 6.00. The summed E-state index contributed by atoms with van der Waals surface area (Å²) in [5, 5.41) is 9.85. The number of benzene rings is 2. The molecular weight excluding hydrogens is 402 g/mol. The largest absolute Gasteiger partial charge is 0.437 e. The van der Waals surface area contributed by atoms with Gasteiger partial charge in [0.2, 0.25) is 5.88 Å². The highest BCUT2D eigenvalue weighted by Crippen LogP contribution is 2.35. The first-order chi connectivity index (χ1) is 15.4. The maximum absolute atomic E-state index is 12.6. The van der Waals surface area contributed by atoms with Crippen molar-refractivity contribution in [3.63, 3.8) is 0 Å². The van der Waals surface area contributed by atoms with E-state index in [0.717, 1.165) is 11.3 Å². The molecule has 0 unspecified atom stereocenters. The maximum atomic E-state index is 12.6. The van der Waals surface area contributed by atoms with E-state index in [1.54, 1.807) is 29.2 Å². The number of rotatable bonds is 5. The summed E-state index contributed by atoms with van der Waals surface area (Å²) in [5.74, 6) is 1.03. The zero-order chi connectivity index (χ0) is 22.6. The number of nitrogens with one attached hydrogen (secondary N) is 2. The van der Waals surface area contributed by atoms with Crippen LogP contribution >= 0.6 is 0 Å². The second kappa shape index (κ2) is 8.93. The molecule has 7 heteroatoms. The predicted octanol–water partition coefficient (Wildman–Crippen LogP) is 6.00. The molecule has 0 bridgehead atoms. The van der Waals surface area contributed by atoms with Crippen LogP contribution in [-0.2, 0) is 5.41 Å². The van der Waals surface area contributed by atoms with Gasteiger partial charge in [-0.3, -0.25) is 0 Å². The first-order valence-electron chi connectivity index (χ1n) is 10.3. The van der Waals surface area contributed by atoms with Crippen LogP contribution in [0.4, 0.5) is 16.2 Å². The number of anilines is 2. The number of para-hydroxylation sites is 1. The predicted molar refractivity (Wildman–Crippen MR) is 126 cm³/mol. The number of ether oxygens (including phenoxy) is 1. The molecule has 0 aliphatic rings. The lowest BCUT2D eigenvalue weighted by Crippen LogP contribution is -2.20. The normalized spacial score (nSPS) is 11.1. The summed E-state index contributed by atoms with van der Waals surface area (Å²) in [4.78, 5) is 16.9. The molecule has 2 amide bonds. The average molecular weight is 428 g/mol. The second-order valence-electron chi connectivity index (χ2n) is 8.28. The van der Waals surface area contributed by atoms with Crippen LogP contribution in [0.1, 0.15) is 26.3 Å². The van der Waals surface area contributed by atoms with Crippen LogP contribution in [0.2, 0.25) is 0 Å². The molecule has 32 heavy (non-hydrogen) atoms. The van der Waals surface area contributed by atoms with Gasteiger partial charge in [0.15, 0.2) is 0 Å². The lowest BCUT2D eigenvalue weighted by atomic mass is 9.86. The van der Waals surface area contributed by atoms with Crippen molar-refractivity contribution in [3.05, 3.63) is 90.9 Å². The molecule has 2 N–H and O–H groups in total. The van der Waals surface area contributed by atoms with Crippen molar-refractivity contribution < 1.29 is 9.53 Å². The summed E-state index contributed by atoms with van der Waals surface area (Å²) in [6.45, 7) is 6.37. The summed E-state index contributed by atoms with van der Waals surface area (Å²) in [6.07, 6.45) is 5.20. The van der Waals surface area contributed by atoms with Gasteiger partial charge >= 0.3 is 6.03 Å². The molecule has 0 radical (unpaired) electrons. The summed E-state index contributed by atoms with van der Waals surface area (Å²) in [7, 11) is 0. The number of urea groups is 1. The van der Waals surface area contributed by atoms with E-state index in [9.17, 15) is 4.79 Å². The second-order valence-corrected chi connectivity index (χ2v) is 8.28. The van der Waals surface area contributed by atoms with Crippen LogP contribution in [0.25, 0.3) is 5.69 Å². The highest BCUT2D eigenvalue weighted by atomic mass is 16.5. The van der Waals surface area contributed by atoms with Gasteiger partial charge in [-0.1, -0.05) is 39.0 Å². The van der Waals surface area contributed by atoms with Gasteiger partial charge in [0.25, 0.3) is 0 Å². The Morgan fingerprint density at radius 1 is 0.906 bits per heavy atom. The molecule has 0 spiro atoms. The zero-order valence-electron chi connectivity index (χ0n) is 18.2. The smallest absolute Gasteiger partial charge is 0.323 e. The van der Waals surface area contributed by atoms with Gasteiger partial charge in [-0.2, -0.15) is 5.10 Å². The molecule has 2 heterocycles. The van der Waals surface area contributed by atoms with E-state index in [4.69, 9.17) is 4.74 Å². The van der Waals surface area contributed by atoms with Crippen molar-refractivity contribution >= 4 is 17.4 Å². The fourth-order valence-corrected chi connectivity index (χ4v) is 3.25. The van der Waals surface area contributed by atoms with Crippen molar-refractivity contribution in [2.75, 3.05) is 10.6 Å². The number of hydrogen-bond acceptors (Lipinski definition) is 4. The molecule has 0 saturated heterocycles. The molecule has 7 nitrogen and oxygen atoms in total. The lowest BCUT2D eigenvalue weighted by Gasteiger charge is -2.22. The van der Waals surface area contributed by atoms with Gasteiger partial charge in [0.1, 0.15) is 11.4 Å². The lowest BCUT2D eigenvalue weighted by molar-refractivity contribution is 0.262. The van der Waals surface area contributed by atoms with Crippen LogP contribution in [0.3, 0.4) is 0 Å².